The van der Waals surface area contributed by atoms with E-state index in [1.807, 2.05) is 24.3 Å². The summed E-state index contributed by atoms with van der Waals surface area (Å²) in [5, 5.41) is 3.35. The summed E-state index contributed by atoms with van der Waals surface area (Å²) in [6.07, 6.45) is 2.33. The number of anilines is 1. The molecule has 0 aliphatic heterocycles. The zero-order chi connectivity index (χ0) is 14.4. The van der Waals surface area contributed by atoms with Crippen LogP contribution in [0.15, 0.2) is 47.1 Å². The molecular weight excluding hydrogens is 274 g/mol. The molecule has 1 heterocycles. The third-order valence-electron chi connectivity index (χ3n) is 2.68. The van der Waals surface area contributed by atoms with E-state index >= 15 is 0 Å². The number of hydrogen-bond donors (Lipinski definition) is 3. The summed E-state index contributed by atoms with van der Waals surface area (Å²) in [5.74, 6) is -0.169. The van der Waals surface area contributed by atoms with E-state index in [-0.39, 0.29) is 11.7 Å². The average molecular weight is 289 g/mol. The zero-order valence-corrected chi connectivity index (χ0v) is 11.8. The van der Waals surface area contributed by atoms with E-state index in [0.29, 0.717) is 5.11 Å². The maximum Gasteiger partial charge on any atom is 0.305 e. The summed E-state index contributed by atoms with van der Waals surface area (Å²) in [6.45, 7) is 2.07. The molecule has 0 aliphatic carbocycles. The first-order valence-corrected chi connectivity index (χ1v) is 6.60. The van der Waals surface area contributed by atoms with Gasteiger partial charge >= 0.3 is 5.91 Å². The average Bonchev–Trinajstić information content (AvgIpc) is 2.99. The van der Waals surface area contributed by atoms with Crippen LogP contribution in [0.3, 0.4) is 0 Å². The molecule has 0 unspecified atom stereocenters. The van der Waals surface area contributed by atoms with Crippen LogP contribution in [0, 0.1) is 0 Å². The molecule has 104 valence electrons. The van der Waals surface area contributed by atoms with E-state index in [9.17, 15) is 4.79 Å². The molecule has 5 nitrogen and oxygen atoms in total. The van der Waals surface area contributed by atoms with Gasteiger partial charge in [-0.3, -0.25) is 15.6 Å². The highest BCUT2D eigenvalue weighted by molar-refractivity contribution is 7.80. The van der Waals surface area contributed by atoms with E-state index in [1.54, 1.807) is 12.1 Å². The van der Waals surface area contributed by atoms with E-state index in [0.717, 1.165) is 17.7 Å². The second-order valence-corrected chi connectivity index (χ2v) is 4.43. The van der Waals surface area contributed by atoms with Crippen LogP contribution in [-0.4, -0.2) is 11.0 Å². The van der Waals surface area contributed by atoms with Crippen molar-refractivity contribution in [2.45, 2.75) is 13.3 Å². The highest BCUT2D eigenvalue weighted by atomic mass is 32.1. The number of amides is 1. The molecule has 0 fully saturated rings. The maximum atomic E-state index is 11.6. The minimum absolute atomic E-state index is 0.217. The Hall–Kier alpha value is -2.34. The van der Waals surface area contributed by atoms with Crippen molar-refractivity contribution in [2.75, 3.05) is 5.32 Å². The van der Waals surface area contributed by atoms with Gasteiger partial charge in [0.1, 0.15) is 0 Å². The standard InChI is InChI=1S/C14H15N3O2S/c1-2-10-6-3-4-7-11(10)15-14(20)17-16-13(18)12-8-5-9-19-12/h3-9H,2H2,1H3,(H,16,18)(H2,15,17,20). The van der Waals surface area contributed by atoms with E-state index in [4.69, 9.17) is 16.6 Å². The number of hydrogen-bond acceptors (Lipinski definition) is 3. The first-order valence-electron chi connectivity index (χ1n) is 6.19. The highest BCUT2D eigenvalue weighted by Crippen LogP contribution is 2.14. The number of nitrogens with one attached hydrogen (secondary N) is 3. The van der Waals surface area contributed by atoms with Crippen LogP contribution in [0.5, 0.6) is 0 Å². The minimum Gasteiger partial charge on any atom is -0.459 e. The van der Waals surface area contributed by atoms with E-state index < -0.39 is 0 Å². The van der Waals surface area contributed by atoms with Gasteiger partial charge in [0.2, 0.25) is 0 Å². The van der Waals surface area contributed by atoms with Crippen LogP contribution in [0.4, 0.5) is 5.69 Å². The SMILES string of the molecule is CCc1ccccc1NC(=S)NNC(=O)c1ccco1. The highest BCUT2D eigenvalue weighted by Gasteiger charge is 2.08. The lowest BCUT2D eigenvalue weighted by atomic mass is 10.1. The van der Waals surface area contributed by atoms with E-state index in [2.05, 4.69) is 23.1 Å². The minimum atomic E-state index is -0.386. The van der Waals surface area contributed by atoms with Gasteiger partial charge in [0.05, 0.1) is 6.26 Å². The van der Waals surface area contributed by atoms with Gasteiger partial charge in [-0.2, -0.15) is 0 Å². The van der Waals surface area contributed by atoms with E-state index in [1.165, 1.54) is 6.26 Å². The van der Waals surface area contributed by atoms with Gasteiger partial charge in [0, 0.05) is 5.69 Å². The van der Waals surface area contributed by atoms with Crippen LogP contribution >= 0.6 is 12.2 Å². The van der Waals surface area contributed by atoms with Gasteiger partial charge in [-0.1, -0.05) is 25.1 Å². The van der Waals surface area contributed by atoms with Crippen LogP contribution in [-0.2, 0) is 6.42 Å². The molecule has 0 saturated carbocycles. The van der Waals surface area contributed by atoms with Crippen molar-refractivity contribution in [3.63, 3.8) is 0 Å². The number of benzene rings is 1. The molecule has 20 heavy (non-hydrogen) atoms. The first kappa shape index (κ1) is 14.1. The number of carbonyl (C=O) groups excluding carboxylic acids is 1. The van der Waals surface area contributed by atoms with Crippen molar-refractivity contribution >= 4 is 28.9 Å². The summed E-state index contributed by atoms with van der Waals surface area (Å²) in [5.41, 5.74) is 7.15. The third kappa shape index (κ3) is 3.58. The molecule has 0 atom stereocenters. The summed E-state index contributed by atoms with van der Waals surface area (Å²) in [4.78, 5) is 11.6. The molecule has 0 spiro atoms. The van der Waals surface area contributed by atoms with Gasteiger partial charge in [0.15, 0.2) is 10.9 Å². The molecule has 1 amide bonds. The van der Waals surface area contributed by atoms with Gasteiger partial charge in [-0.15, -0.1) is 0 Å². The number of thiocarbonyl (C=S) groups is 1. The maximum absolute atomic E-state index is 11.6. The lowest BCUT2D eigenvalue weighted by molar-refractivity contribution is 0.0916. The predicted octanol–water partition coefficient (Wildman–Crippen LogP) is 2.47. The molecule has 0 radical (unpaired) electrons. The Balaban J connectivity index is 1.88. The molecule has 0 aliphatic rings. The van der Waals surface area contributed by atoms with Crippen molar-refractivity contribution in [3.05, 3.63) is 54.0 Å². The molecule has 1 aromatic carbocycles. The third-order valence-corrected chi connectivity index (χ3v) is 2.89. The molecule has 6 heteroatoms. The Bertz CT molecular complexity index is 596. The van der Waals surface area contributed by atoms with Gasteiger partial charge in [0.25, 0.3) is 0 Å². The van der Waals surface area contributed by atoms with Crippen molar-refractivity contribution in [1.82, 2.24) is 10.9 Å². The summed E-state index contributed by atoms with van der Waals surface area (Å²) >= 11 is 5.12. The second-order valence-electron chi connectivity index (χ2n) is 4.02. The van der Waals surface area contributed by atoms with Crippen molar-refractivity contribution in [3.8, 4) is 0 Å². The molecule has 0 bridgehead atoms. The van der Waals surface area contributed by atoms with Gasteiger partial charge < -0.3 is 9.73 Å². The monoisotopic (exact) mass is 289 g/mol. The molecule has 0 saturated heterocycles. The molecule has 2 rings (SSSR count). The van der Waals surface area contributed by atoms with Crippen molar-refractivity contribution < 1.29 is 9.21 Å². The van der Waals surface area contributed by atoms with Gasteiger partial charge in [-0.25, -0.2) is 0 Å². The molecule has 3 N–H and O–H groups in total. The normalized spacial score (nSPS) is 9.85. The Morgan fingerprint density at radius 1 is 1.20 bits per heavy atom. The predicted molar refractivity (Wildman–Crippen MR) is 81.4 cm³/mol. The van der Waals surface area contributed by atoms with Crippen molar-refractivity contribution in [2.24, 2.45) is 0 Å². The summed E-state index contributed by atoms with van der Waals surface area (Å²) < 4.78 is 4.97. The fourth-order valence-electron chi connectivity index (χ4n) is 1.69. The molecule has 2 aromatic rings. The van der Waals surface area contributed by atoms with Crippen LogP contribution in [0.1, 0.15) is 23.0 Å². The lowest BCUT2D eigenvalue weighted by Gasteiger charge is -2.13. The number of aryl methyl sites for hydroxylation is 1. The Morgan fingerprint density at radius 3 is 2.70 bits per heavy atom. The summed E-state index contributed by atoms with van der Waals surface area (Å²) in [6, 6.07) is 11.1. The van der Waals surface area contributed by atoms with Crippen molar-refractivity contribution in [1.29, 1.82) is 0 Å². The topological polar surface area (TPSA) is 66.3 Å². The number of furan rings is 1. The second kappa shape index (κ2) is 6.72. The fourth-order valence-corrected chi connectivity index (χ4v) is 1.85. The fraction of sp³-hybridized carbons (Fsp3) is 0.143. The smallest absolute Gasteiger partial charge is 0.305 e. The Labute approximate surface area is 122 Å². The number of para-hydroxylation sites is 1. The Kier molecular flexibility index (Phi) is 4.73. The number of rotatable bonds is 3. The quantitative estimate of drug-likeness (QED) is 0.598. The largest absolute Gasteiger partial charge is 0.459 e. The molecule has 1 aromatic heterocycles. The van der Waals surface area contributed by atoms with Crippen LogP contribution in [0.2, 0.25) is 0 Å². The number of hydrazine groups is 1. The van der Waals surface area contributed by atoms with Crippen LogP contribution in [0.25, 0.3) is 0 Å². The first-order chi connectivity index (χ1) is 9.70. The number of carbonyl (C=O) groups is 1. The lowest BCUT2D eigenvalue weighted by Crippen LogP contribution is -2.43. The van der Waals surface area contributed by atoms with Crippen LogP contribution < -0.4 is 16.2 Å². The Morgan fingerprint density at radius 2 is 2.00 bits per heavy atom. The van der Waals surface area contributed by atoms with Gasteiger partial charge in [-0.05, 0) is 42.4 Å². The zero-order valence-electron chi connectivity index (χ0n) is 11.0. The molecular formula is C14H15N3O2S. The summed E-state index contributed by atoms with van der Waals surface area (Å²) in [7, 11) is 0.